The smallest absolute Gasteiger partial charge is 0.0818 e. The van der Waals surface area contributed by atoms with Gasteiger partial charge in [0.05, 0.1) is 16.9 Å². The van der Waals surface area contributed by atoms with Crippen molar-refractivity contribution in [3.63, 3.8) is 0 Å². The number of aromatic nitrogens is 2. The molecule has 5 heteroatoms. The van der Waals surface area contributed by atoms with Gasteiger partial charge in [-0.1, -0.05) is 45.7 Å². The van der Waals surface area contributed by atoms with Crippen molar-refractivity contribution in [3.8, 4) is 0 Å². The second-order valence-corrected chi connectivity index (χ2v) is 5.16. The van der Waals surface area contributed by atoms with Gasteiger partial charge in [-0.3, -0.25) is 4.68 Å². The topological polar surface area (TPSA) is 43.8 Å². The molecule has 0 aliphatic rings. The standard InChI is InChI=1S/C12H13BrClN3/c1-17-12(10(14)7-16-17)6-11(15)8-4-2-3-5-9(8)13/h2-5,7,11H,6,15H2,1H3. The summed E-state index contributed by atoms with van der Waals surface area (Å²) in [5.74, 6) is 0. The van der Waals surface area contributed by atoms with Crippen LogP contribution in [0.15, 0.2) is 34.9 Å². The van der Waals surface area contributed by atoms with Crippen LogP contribution in [-0.2, 0) is 13.5 Å². The summed E-state index contributed by atoms with van der Waals surface area (Å²) in [6.07, 6.45) is 2.31. The van der Waals surface area contributed by atoms with Crippen LogP contribution in [0, 0.1) is 0 Å². The van der Waals surface area contributed by atoms with Crippen LogP contribution in [0.3, 0.4) is 0 Å². The predicted molar refractivity (Wildman–Crippen MR) is 73.0 cm³/mol. The molecule has 0 spiro atoms. The van der Waals surface area contributed by atoms with Gasteiger partial charge >= 0.3 is 0 Å². The first-order valence-corrected chi connectivity index (χ1v) is 6.43. The number of nitrogens with zero attached hydrogens (tertiary/aromatic N) is 2. The highest BCUT2D eigenvalue weighted by Crippen LogP contribution is 2.26. The monoisotopic (exact) mass is 313 g/mol. The molecule has 0 fully saturated rings. The molecular formula is C12H13BrClN3. The molecule has 1 atom stereocenters. The van der Waals surface area contributed by atoms with Gasteiger partial charge in [0.1, 0.15) is 0 Å². The Labute approximate surface area is 114 Å². The second kappa shape index (κ2) is 5.21. The molecule has 2 rings (SSSR count). The molecule has 90 valence electrons. The van der Waals surface area contributed by atoms with Crippen molar-refractivity contribution in [3.05, 3.63) is 51.2 Å². The number of hydrogen-bond donors (Lipinski definition) is 1. The van der Waals surface area contributed by atoms with E-state index in [1.807, 2.05) is 31.3 Å². The predicted octanol–water partition coefficient (Wildman–Crippen LogP) is 3.08. The molecule has 0 bridgehead atoms. The fourth-order valence-corrected chi connectivity index (χ4v) is 2.58. The van der Waals surface area contributed by atoms with Crippen molar-refractivity contribution in [1.29, 1.82) is 0 Å². The van der Waals surface area contributed by atoms with Crippen molar-refractivity contribution in [2.45, 2.75) is 12.5 Å². The highest BCUT2D eigenvalue weighted by atomic mass is 79.9. The van der Waals surface area contributed by atoms with E-state index < -0.39 is 0 Å². The molecule has 3 nitrogen and oxygen atoms in total. The van der Waals surface area contributed by atoms with E-state index in [9.17, 15) is 0 Å². The average molecular weight is 315 g/mol. The summed E-state index contributed by atoms with van der Waals surface area (Å²) in [5.41, 5.74) is 8.22. The van der Waals surface area contributed by atoms with Crippen LogP contribution in [0.1, 0.15) is 17.3 Å². The first-order valence-electron chi connectivity index (χ1n) is 5.26. The van der Waals surface area contributed by atoms with E-state index >= 15 is 0 Å². The Kier molecular flexibility index (Phi) is 3.86. The minimum atomic E-state index is -0.0986. The van der Waals surface area contributed by atoms with Gasteiger partial charge in [0.2, 0.25) is 0 Å². The molecule has 1 unspecified atom stereocenters. The molecule has 0 saturated heterocycles. The number of hydrogen-bond acceptors (Lipinski definition) is 2. The lowest BCUT2D eigenvalue weighted by Crippen LogP contribution is -2.16. The number of rotatable bonds is 3. The third-order valence-corrected chi connectivity index (χ3v) is 3.77. The molecule has 1 aromatic carbocycles. The summed E-state index contributed by atoms with van der Waals surface area (Å²) >= 11 is 9.57. The van der Waals surface area contributed by atoms with E-state index in [-0.39, 0.29) is 6.04 Å². The molecule has 0 amide bonds. The third-order valence-electron chi connectivity index (χ3n) is 2.73. The molecule has 0 saturated carbocycles. The Morgan fingerprint density at radius 1 is 1.47 bits per heavy atom. The van der Waals surface area contributed by atoms with E-state index in [0.29, 0.717) is 11.4 Å². The summed E-state index contributed by atoms with van der Waals surface area (Å²) < 4.78 is 2.78. The maximum Gasteiger partial charge on any atom is 0.0818 e. The summed E-state index contributed by atoms with van der Waals surface area (Å²) in [6.45, 7) is 0. The van der Waals surface area contributed by atoms with Gasteiger partial charge in [-0.2, -0.15) is 5.10 Å². The lowest BCUT2D eigenvalue weighted by atomic mass is 10.0. The van der Waals surface area contributed by atoms with Gasteiger partial charge in [-0.05, 0) is 11.6 Å². The lowest BCUT2D eigenvalue weighted by molar-refractivity contribution is 0.640. The Morgan fingerprint density at radius 3 is 2.76 bits per heavy atom. The SMILES string of the molecule is Cn1ncc(Cl)c1CC(N)c1ccccc1Br. The molecule has 1 heterocycles. The number of nitrogens with two attached hydrogens (primary N) is 1. The highest BCUT2D eigenvalue weighted by molar-refractivity contribution is 9.10. The summed E-state index contributed by atoms with van der Waals surface area (Å²) in [7, 11) is 1.87. The van der Waals surface area contributed by atoms with Crippen LogP contribution in [0.4, 0.5) is 0 Å². The van der Waals surface area contributed by atoms with Gasteiger partial charge in [-0.15, -0.1) is 0 Å². The quantitative estimate of drug-likeness (QED) is 0.946. The average Bonchev–Trinajstić information content (AvgIpc) is 2.61. The van der Waals surface area contributed by atoms with Gasteiger partial charge in [0.25, 0.3) is 0 Å². The van der Waals surface area contributed by atoms with Crippen LogP contribution >= 0.6 is 27.5 Å². The number of aryl methyl sites for hydroxylation is 1. The van der Waals surface area contributed by atoms with Crippen LogP contribution in [0.2, 0.25) is 5.02 Å². The third kappa shape index (κ3) is 2.70. The van der Waals surface area contributed by atoms with Crippen molar-refractivity contribution in [1.82, 2.24) is 9.78 Å². The van der Waals surface area contributed by atoms with Gasteiger partial charge in [-0.25, -0.2) is 0 Å². The zero-order chi connectivity index (χ0) is 12.4. The maximum absolute atomic E-state index is 6.20. The molecule has 17 heavy (non-hydrogen) atoms. The molecule has 2 N–H and O–H groups in total. The first-order chi connectivity index (χ1) is 8.09. The van der Waals surface area contributed by atoms with Crippen LogP contribution < -0.4 is 5.73 Å². The van der Waals surface area contributed by atoms with E-state index in [1.165, 1.54) is 0 Å². The van der Waals surface area contributed by atoms with Crippen LogP contribution in [-0.4, -0.2) is 9.78 Å². The van der Waals surface area contributed by atoms with Gasteiger partial charge in [0.15, 0.2) is 0 Å². The molecule has 0 aliphatic carbocycles. The fraction of sp³-hybridized carbons (Fsp3) is 0.250. The molecule has 0 radical (unpaired) electrons. The minimum Gasteiger partial charge on any atom is -0.324 e. The van der Waals surface area contributed by atoms with Crippen LogP contribution in [0.5, 0.6) is 0 Å². The largest absolute Gasteiger partial charge is 0.324 e. The highest BCUT2D eigenvalue weighted by Gasteiger charge is 2.14. The van der Waals surface area contributed by atoms with Crippen molar-refractivity contribution < 1.29 is 0 Å². The van der Waals surface area contributed by atoms with Crippen molar-refractivity contribution in [2.24, 2.45) is 12.8 Å². The molecule has 1 aromatic heterocycles. The Morgan fingerprint density at radius 2 is 2.18 bits per heavy atom. The molecule has 2 aromatic rings. The summed E-state index contributed by atoms with van der Waals surface area (Å²) in [5, 5.41) is 4.76. The zero-order valence-electron chi connectivity index (χ0n) is 9.40. The van der Waals surface area contributed by atoms with Crippen molar-refractivity contribution >= 4 is 27.5 Å². The fourth-order valence-electron chi connectivity index (χ4n) is 1.76. The summed E-state index contributed by atoms with van der Waals surface area (Å²) in [4.78, 5) is 0. The van der Waals surface area contributed by atoms with Crippen molar-refractivity contribution in [2.75, 3.05) is 0 Å². The Bertz CT molecular complexity index is 505. The molecule has 0 aliphatic heterocycles. The van der Waals surface area contributed by atoms with Gasteiger partial charge in [0, 0.05) is 24.0 Å². The number of benzene rings is 1. The Hall–Kier alpha value is -0.840. The number of halogens is 2. The first kappa shape index (κ1) is 12.6. The van der Waals surface area contributed by atoms with E-state index in [0.717, 1.165) is 15.7 Å². The van der Waals surface area contributed by atoms with E-state index in [1.54, 1.807) is 10.9 Å². The Balaban J connectivity index is 2.23. The lowest BCUT2D eigenvalue weighted by Gasteiger charge is -2.14. The molecular weight excluding hydrogens is 302 g/mol. The van der Waals surface area contributed by atoms with Gasteiger partial charge < -0.3 is 5.73 Å². The van der Waals surface area contributed by atoms with E-state index in [2.05, 4.69) is 21.0 Å². The maximum atomic E-state index is 6.20. The van der Waals surface area contributed by atoms with E-state index in [4.69, 9.17) is 17.3 Å². The zero-order valence-corrected chi connectivity index (χ0v) is 11.7. The normalized spacial score (nSPS) is 12.7. The summed E-state index contributed by atoms with van der Waals surface area (Å²) in [6, 6.07) is 7.85. The second-order valence-electron chi connectivity index (χ2n) is 3.89. The van der Waals surface area contributed by atoms with Crippen LogP contribution in [0.25, 0.3) is 0 Å². The minimum absolute atomic E-state index is 0.0986.